The van der Waals surface area contributed by atoms with Gasteiger partial charge in [0.2, 0.25) is 0 Å². The quantitative estimate of drug-likeness (QED) is 0.448. The number of nitrogens with one attached hydrogen (secondary N) is 2. The van der Waals surface area contributed by atoms with Gasteiger partial charge in [-0.05, 0) is 18.6 Å². The molecule has 3 N–H and O–H groups in total. The van der Waals surface area contributed by atoms with Crippen molar-refractivity contribution in [2.24, 2.45) is 0 Å². The Morgan fingerprint density at radius 2 is 1.81 bits per heavy atom. The molecular weight excluding hydrogens is 440 g/mol. The number of amides is 3. The molecule has 2 fully saturated rings. The number of hydrogen-bond donors (Lipinski definition) is 3. The Morgan fingerprint density at radius 1 is 1.16 bits per heavy atom. The maximum atomic E-state index is 13.1. The molecule has 9 nitrogen and oxygen atoms in total. The van der Waals surface area contributed by atoms with E-state index in [1.807, 2.05) is 0 Å². The number of imidazole rings is 1. The first kappa shape index (κ1) is 22.2. The van der Waals surface area contributed by atoms with Crippen molar-refractivity contribution in [2.75, 3.05) is 18.0 Å². The van der Waals surface area contributed by atoms with Crippen molar-refractivity contribution in [3.8, 4) is 0 Å². The van der Waals surface area contributed by atoms with Gasteiger partial charge in [-0.3, -0.25) is 14.5 Å². The first-order valence-corrected chi connectivity index (χ1v) is 8.45. The van der Waals surface area contributed by atoms with Crippen LogP contribution in [0.4, 0.5) is 37.0 Å². The van der Waals surface area contributed by atoms with Crippen LogP contribution in [0.3, 0.4) is 0 Å². The summed E-state index contributed by atoms with van der Waals surface area (Å²) in [5.41, 5.74) is -1.58. The summed E-state index contributed by atoms with van der Waals surface area (Å²) in [7, 11) is 0. The van der Waals surface area contributed by atoms with Crippen LogP contribution in [0.25, 0.3) is 5.52 Å². The molecule has 15 heteroatoms. The van der Waals surface area contributed by atoms with E-state index in [-0.39, 0.29) is 12.4 Å². The summed E-state index contributed by atoms with van der Waals surface area (Å²) in [5.74, 6) is -2.93. The highest BCUT2D eigenvalue weighted by Crippen LogP contribution is 2.35. The van der Waals surface area contributed by atoms with Crippen molar-refractivity contribution >= 4 is 29.2 Å². The molecule has 1 unspecified atom stereocenters. The minimum Gasteiger partial charge on any atom is -0.475 e. The van der Waals surface area contributed by atoms with Crippen LogP contribution in [-0.4, -0.2) is 57.2 Å². The topological polar surface area (TPSA) is 116 Å². The number of alkyl halides is 6. The molecule has 0 radical (unpaired) electrons. The van der Waals surface area contributed by atoms with Gasteiger partial charge in [-0.1, -0.05) is 0 Å². The maximum Gasteiger partial charge on any atom is 0.490 e. The number of carboxylic acid groups (broad SMARTS) is 1. The molecular formula is C16H13F6N5O4. The van der Waals surface area contributed by atoms with Crippen molar-refractivity contribution in [1.29, 1.82) is 0 Å². The second-order valence-electron chi connectivity index (χ2n) is 6.75. The number of pyridine rings is 1. The summed E-state index contributed by atoms with van der Waals surface area (Å²) >= 11 is 0. The molecule has 0 aliphatic carbocycles. The van der Waals surface area contributed by atoms with E-state index in [0.29, 0.717) is 18.5 Å². The molecule has 2 saturated heterocycles. The number of halogens is 6. The number of carboxylic acids is 1. The predicted octanol–water partition coefficient (Wildman–Crippen LogP) is 1.77. The maximum absolute atomic E-state index is 13.1. The minimum absolute atomic E-state index is 0.0964. The van der Waals surface area contributed by atoms with Crippen LogP contribution in [0.2, 0.25) is 0 Å². The fraction of sp³-hybridized carbons (Fsp3) is 0.375. The molecule has 4 rings (SSSR count). The molecule has 2 aromatic rings. The van der Waals surface area contributed by atoms with Crippen molar-refractivity contribution in [3.63, 3.8) is 0 Å². The van der Waals surface area contributed by atoms with Gasteiger partial charge in [0.25, 0.3) is 5.91 Å². The summed E-state index contributed by atoms with van der Waals surface area (Å²) in [6.07, 6.45) is -6.49. The molecule has 1 atom stereocenters. The van der Waals surface area contributed by atoms with E-state index in [1.165, 1.54) is 16.9 Å². The third-order valence-electron chi connectivity index (χ3n) is 4.68. The van der Waals surface area contributed by atoms with Crippen LogP contribution in [0.15, 0.2) is 24.7 Å². The van der Waals surface area contributed by atoms with Gasteiger partial charge in [-0.15, -0.1) is 0 Å². The molecule has 0 saturated carbocycles. The van der Waals surface area contributed by atoms with E-state index in [2.05, 4.69) is 15.6 Å². The number of nitrogens with zero attached hydrogens (tertiary/aromatic N) is 3. The summed E-state index contributed by atoms with van der Waals surface area (Å²) in [6, 6.07) is 1.47. The lowest BCUT2D eigenvalue weighted by molar-refractivity contribution is -0.192. The predicted molar refractivity (Wildman–Crippen MR) is 90.1 cm³/mol. The number of aromatic nitrogens is 2. The van der Waals surface area contributed by atoms with Crippen LogP contribution in [0, 0.1) is 0 Å². The zero-order valence-corrected chi connectivity index (χ0v) is 15.2. The first-order valence-electron chi connectivity index (χ1n) is 8.45. The number of imide groups is 1. The Balaban J connectivity index is 0.000000339. The lowest BCUT2D eigenvalue weighted by Crippen LogP contribution is -2.49. The second-order valence-corrected chi connectivity index (χ2v) is 6.75. The van der Waals surface area contributed by atoms with Crippen molar-refractivity contribution in [2.45, 2.75) is 24.3 Å². The lowest BCUT2D eigenvalue weighted by Gasteiger charge is -2.24. The molecule has 2 aliphatic rings. The number of anilines is 1. The molecule has 1 spiro atoms. The van der Waals surface area contributed by atoms with Crippen LogP contribution < -0.4 is 15.5 Å². The summed E-state index contributed by atoms with van der Waals surface area (Å²) in [4.78, 5) is 37.8. The highest BCUT2D eigenvalue weighted by Gasteiger charge is 2.51. The molecule has 2 aliphatic heterocycles. The highest BCUT2D eigenvalue weighted by molar-refractivity contribution is 6.07. The van der Waals surface area contributed by atoms with E-state index < -0.39 is 41.4 Å². The summed E-state index contributed by atoms with van der Waals surface area (Å²) in [6.45, 7) is 0.432. The Morgan fingerprint density at radius 3 is 2.32 bits per heavy atom. The third kappa shape index (κ3) is 4.34. The minimum atomic E-state index is -5.08. The normalized spacial score (nSPS) is 21.2. The Bertz CT molecular complexity index is 1050. The summed E-state index contributed by atoms with van der Waals surface area (Å²) in [5, 5.41) is 11.9. The van der Waals surface area contributed by atoms with Gasteiger partial charge in [0, 0.05) is 6.54 Å². The van der Waals surface area contributed by atoms with E-state index >= 15 is 0 Å². The number of aliphatic carboxylic acids is 1. The number of carbonyl (C=O) groups excluding carboxylic acids is 2. The van der Waals surface area contributed by atoms with E-state index in [1.54, 1.807) is 4.90 Å². The van der Waals surface area contributed by atoms with Gasteiger partial charge in [0.05, 0.1) is 23.8 Å². The number of rotatable bonds is 1. The second kappa shape index (κ2) is 7.31. The van der Waals surface area contributed by atoms with Crippen molar-refractivity contribution < 1.29 is 45.8 Å². The monoisotopic (exact) mass is 453 g/mol. The SMILES string of the molecule is O=C(O)C(F)(F)F.O=C1NC(=O)C2(CCN(c3cc(C(F)(F)F)cc4cncn34)C2)N1. The van der Waals surface area contributed by atoms with Gasteiger partial charge < -0.3 is 15.3 Å². The number of urea groups is 1. The largest absolute Gasteiger partial charge is 0.490 e. The van der Waals surface area contributed by atoms with E-state index in [0.717, 1.165) is 12.1 Å². The Kier molecular flexibility index (Phi) is 5.23. The van der Waals surface area contributed by atoms with Gasteiger partial charge in [-0.25, -0.2) is 14.6 Å². The molecule has 2 aromatic heterocycles. The van der Waals surface area contributed by atoms with Crippen LogP contribution in [-0.2, 0) is 15.8 Å². The molecule has 0 bridgehead atoms. The average molecular weight is 453 g/mol. The van der Waals surface area contributed by atoms with Gasteiger partial charge in [0.1, 0.15) is 17.7 Å². The highest BCUT2D eigenvalue weighted by atomic mass is 19.4. The van der Waals surface area contributed by atoms with Gasteiger partial charge in [0.15, 0.2) is 0 Å². The standard InChI is InChI=1S/C14H12F3N5O2.C2HF3O2/c15-14(16,17)8-3-9-5-18-7-22(9)10(4-8)21-2-1-13(6-21)11(23)19-12(24)20-13;3-2(4,5)1(6)7/h3-5,7H,1-2,6H2,(H2,19,20,23,24);(H,6,7). The Hall–Kier alpha value is -3.52. The average Bonchev–Trinajstić information content (AvgIpc) is 3.32. The van der Waals surface area contributed by atoms with E-state index in [9.17, 15) is 35.9 Å². The van der Waals surface area contributed by atoms with E-state index in [4.69, 9.17) is 9.90 Å². The zero-order chi connectivity index (χ0) is 23.2. The lowest BCUT2D eigenvalue weighted by atomic mass is 10.00. The first-order chi connectivity index (χ1) is 14.2. The fourth-order valence-corrected chi connectivity index (χ4v) is 3.24. The molecule has 31 heavy (non-hydrogen) atoms. The molecule has 4 heterocycles. The molecule has 3 amide bonds. The Labute approximate surface area is 168 Å². The van der Waals surface area contributed by atoms with Crippen LogP contribution in [0.5, 0.6) is 0 Å². The van der Waals surface area contributed by atoms with Crippen molar-refractivity contribution in [1.82, 2.24) is 20.0 Å². The van der Waals surface area contributed by atoms with Gasteiger partial charge in [-0.2, -0.15) is 26.3 Å². The molecule has 168 valence electrons. The number of fused-ring (bicyclic) bond motifs is 1. The zero-order valence-electron chi connectivity index (χ0n) is 15.2. The smallest absolute Gasteiger partial charge is 0.475 e. The van der Waals surface area contributed by atoms with Gasteiger partial charge >= 0.3 is 24.4 Å². The van der Waals surface area contributed by atoms with Crippen molar-refractivity contribution in [3.05, 3.63) is 30.2 Å². The molecule has 0 aromatic carbocycles. The number of hydrogen-bond acceptors (Lipinski definition) is 5. The fourth-order valence-electron chi connectivity index (χ4n) is 3.24. The third-order valence-corrected chi connectivity index (χ3v) is 4.68. The number of carbonyl (C=O) groups is 3. The van der Waals surface area contributed by atoms with Crippen LogP contribution in [0.1, 0.15) is 12.0 Å². The van der Waals surface area contributed by atoms with Crippen LogP contribution >= 0.6 is 0 Å². The summed E-state index contributed by atoms with van der Waals surface area (Å²) < 4.78 is 72.6.